The molecule has 1 atom stereocenters. The normalized spacial score (nSPS) is 23.4. The molecule has 0 bridgehead atoms. The van der Waals surface area contributed by atoms with Crippen molar-refractivity contribution in [3.8, 4) is 0 Å². The Balaban J connectivity index is 2.84. The molecule has 1 aliphatic rings. The van der Waals surface area contributed by atoms with Crippen molar-refractivity contribution in [3.05, 3.63) is 25.3 Å². The molecule has 0 aromatic heterocycles. The SMILES string of the molecule is C=CCN(CC=C)C(=O)C1(CCC)CCCNC1. The predicted octanol–water partition coefficient (Wildman–Crippen LogP) is 2.36. The number of hydrogen-bond donors (Lipinski definition) is 1. The van der Waals surface area contributed by atoms with Crippen LogP contribution in [0.3, 0.4) is 0 Å². The number of hydrogen-bond acceptors (Lipinski definition) is 2. The second kappa shape index (κ2) is 7.37. The van der Waals surface area contributed by atoms with E-state index < -0.39 is 0 Å². The Hall–Kier alpha value is -1.09. The first-order valence-electron chi connectivity index (χ1n) is 6.92. The summed E-state index contributed by atoms with van der Waals surface area (Å²) in [6, 6.07) is 0. The van der Waals surface area contributed by atoms with E-state index in [1.807, 2.05) is 4.90 Å². The Morgan fingerprint density at radius 3 is 2.50 bits per heavy atom. The number of carbonyl (C=O) groups is 1. The molecule has 1 rings (SSSR count). The largest absolute Gasteiger partial charge is 0.335 e. The van der Waals surface area contributed by atoms with E-state index >= 15 is 0 Å². The molecule has 0 spiro atoms. The van der Waals surface area contributed by atoms with Crippen LogP contribution in [0, 0.1) is 5.41 Å². The average Bonchev–Trinajstić information content (AvgIpc) is 2.39. The summed E-state index contributed by atoms with van der Waals surface area (Å²) in [5, 5.41) is 3.38. The molecular weight excluding hydrogens is 224 g/mol. The van der Waals surface area contributed by atoms with Crippen LogP contribution in [0.5, 0.6) is 0 Å². The number of amides is 1. The quantitative estimate of drug-likeness (QED) is 0.704. The third-order valence-electron chi connectivity index (χ3n) is 3.64. The molecule has 0 aromatic carbocycles. The van der Waals surface area contributed by atoms with E-state index in [0.717, 1.165) is 38.8 Å². The molecule has 3 nitrogen and oxygen atoms in total. The molecule has 1 heterocycles. The Morgan fingerprint density at radius 1 is 1.39 bits per heavy atom. The summed E-state index contributed by atoms with van der Waals surface area (Å²) in [4.78, 5) is 14.6. The van der Waals surface area contributed by atoms with Crippen LogP contribution in [0.15, 0.2) is 25.3 Å². The van der Waals surface area contributed by atoms with Gasteiger partial charge in [0.1, 0.15) is 0 Å². The van der Waals surface area contributed by atoms with E-state index in [1.165, 1.54) is 0 Å². The molecular formula is C15H26N2O. The zero-order valence-corrected chi connectivity index (χ0v) is 11.6. The van der Waals surface area contributed by atoms with Gasteiger partial charge in [0, 0.05) is 19.6 Å². The lowest BCUT2D eigenvalue weighted by Crippen LogP contribution is -2.52. The van der Waals surface area contributed by atoms with Gasteiger partial charge in [0.15, 0.2) is 0 Å². The fourth-order valence-corrected chi connectivity index (χ4v) is 2.84. The summed E-state index contributed by atoms with van der Waals surface area (Å²) in [5.41, 5.74) is -0.209. The standard InChI is InChI=1S/C15H26N2O/c1-4-8-15(9-7-10-16-13-15)14(18)17(11-5-2)12-6-3/h5-6,16H,2-4,7-13H2,1H3. The van der Waals surface area contributed by atoms with Crippen LogP contribution in [0.1, 0.15) is 32.6 Å². The van der Waals surface area contributed by atoms with Gasteiger partial charge in [-0.05, 0) is 25.8 Å². The highest BCUT2D eigenvalue weighted by molar-refractivity contribution is 5.83. The van der Waals surface area contributed by atoms with Crippen molar-refractivity contribution in [1.82, 2.24) is 10.2 Å². The Morgan fingerprint density at radius 2 is 2.06 bits per heavy atom. The summed E-state index contributed by atoms with van der Waals surface area (Å²) < 4.78 is 0. The monoisotopic (exact) mass is 250 g/mol. The first kappa shape index (κ1) is 15.0. The summed E-state index contributed by atoms with van der Waals surface area (Å²) >= 11 is 0. The maximum absolute atomic E-state index is 12.8. The molecule has 0 aliphatic carbocycles. The van der Waals surface area contributed by atoms with Crippen LogP contribution in [-0.4, -0.2) is 37.0 Å². The van der Waals surface area contributed by atoms with Crippen molar-refractivity contribution in [2.75, 3.05) is 26.2 Å². The van der Waals surface area contributed by atoms with Gasteiger partial charge in [0.05, 0.1) is 5.41 Å². The third-order valence-corrected chi connectivity index (χ3v) is 3.64. The van der Waals surface area contributed by atoms with E-state index in [9.17, 15) is 4.79 Å². The van der Waals surface area contributed by atoms with Gasteiger partial charge in [-0.25, -0.2) is 0 Å². The van der Waals surface area contributed by atoms with Gasteiger partial charge in [-0.2, -0.15) is 0 Å². The average molecular weight is 250 g/mol. The molecule has 18 heavy (non-hydrogen) atoms. The van der Waals surface area contributed by atoms with Crippen molar-refractivity contribution >= 4 is 5.91 Å². The molecule has 1 N–H and O–H groups in total. The summed E-state index contributed by atoms with van der Waals surface area (Å²) in [5.74, 6) is 0.261. The Bertz CT molecular complexity index is 277. The first-order chi connectivity index (χ1) is 8.70. The number of piperidine rings is 1. The lowest BCUT2D eigenvalue weighted by molar-refractivity contribution is -0.142. The van der Waals surface area contributed by atoms with Gasteiger partial charge < -0.3 is 10.2 Å². The smallest absolute Gasteiger partial charge is 0.230 e. The molecule has 0 radical (unpaired) electrons. The van der Waals surface area contributed by atoms with Crippen molar-refractivity contribution in [2.45, 2.75) is 32.6 Å². The fourth-order valence-electron chi connectivity index (χ4n) is 2.84. The second-order valence-corrected chi connectivity index (χ2v) is 5.10. The number of nitrogens with one attached hydrogen (secondary N) is 1. The van der Waals surface area contributed by atoms with Crippen molar-refractivity contribution in [1.29, 1.82) is 0 Å². The highest BCUT2D eigenvalue weighted by atomic mass is 16.2. The van der Waals surface area contributed by atoms with Crippen LogP contribution in [0.25, 0.3) is 0 Å². The Kier molecular flexibility index (Phi) is 6.13. The topological polar surface area (TPSA) is 32.3 Å². The van der Waals surface area contributed by atoms with E-state index in [4.69, 9.17) is 0 Å². The molecule has 102 valence electrons. The maximum atomic E-state index is 12.8. The van der Waals surface area contributed by atoms with Crippen LogP contribution in [0.2, 0.25) is 0 Å². The molecule has 1 aliphatic heterocycles. The molecule has 0 saturated carbocycles. The summed E-state index contributed by atoms with van der Waals surface area (Å²) in [7, 11) is 0. The highest BCUT2D eigenvalue weighted by Gasteiger charge is 2.40. The fraction of sp³-hybridized carbons (Fsp3) is 0.667. The van der Waals surface area contributed by atoms with Gasteiger partial charge >= 0.3 is 0 Å². The van der Waals surface area contributed by atoms with E-state index in [0.29, 0.717) is 13.1 Å². The van der Waals surface area contributed by atoms with Crippen LogP contribution >= 0.6 is 0 Å². The van der Waals surface area contributed by atoms with Crippen molar-refractivity contribution in [2.24, 2.45) is 5.41 Å². The summed E-state index contributed by atoms with van der Waals surface area (Å²) in [6.45, 7) is 12.7. The maximum Gasteiger partial charge on any atom is 0.230 e. The van der Waals surface area contributed by atoms with Crippen LogP contribution in [0.4, 0.5) is 0 Å². The molecule has 1 unspecified atom stereocenters. The zero-order chi connectivity index (χ0) is 13.4. The highest BCUT2D eigenvalue weighted by Crippen LogP contribution is 2.33. The Labute approximate surface area is 111 Å². The summed E-state index contributed by atoms with van der Waals surface area (Å²) in [6.07, 6.45) is 7.67. The minimum atomic E-state index is -0.209. The third kappa shape index (κ3) is 3.45. The van der Waals surface area contributed by atoms with Gasteiger partial charge in [0.25, 0.3) is 0 Å². The zero-order valence-electron chi connectivity index (χ0n) is 11.6. The first-order valence-corrected chi connectivity index (χ1v) is 6.92. The number of nitrogens with zero attached hydrogens (tertiary/aromatic N) is 1. The van der Waals surface area contributed by atoms with Gasteiger partial charge in [-0.1, -0.05) is 25.5 Å². The molecule has 1 fully saturated rings. The molecule has 1 amide bonds. The van der Waals surface area contributed by atoms with Gasteiger partial charge in [-0.3, -0.25) is 4.79 Å². The van der Waals surface area contributed by atoms with Crippen LogP contribution < -0.4 is 5.32 Å². The van der Waals surface area contributed by atoms with Crippen LogP contribution in [-0.2, 0) is 4.79 Å². The van der Waals surface area contributed by atoms with Gasteiger partial charge in [0.2, 0.25) is 5.91 Å². The minimum absolute atomic E-state index is 0.209. The second-order valence-electron chi connectivity index (χ2n) is 5.10. The van der Waals surface area contributed by atoms with Gasteiger partial charge in [-0.15, -0.1) is 13.2 Å². The van der Waals surface area contributed by atoms with E-state index in [2.05, 4.69) is 25.4 Å². The molecule has 3 heteroatoms. The van der Waals surface area contributed by atoms with E-state index in [-0.39, 0.29) is 11.3 Å². The van der Waals surface area contributed by atoms with E-state index in [1.54, 1.807) is 12.2 Å². The van der Waals surface area contributed by atoms with Crippen molar-refractivity contribution < 1.29 is 4.79 Å². The lowest BCUT2D eigenvalue weighted by Gasteiger charge is -2.39. The molecule has 1 saturated heterocycles. The minimum Gasteiger partial charge on any atom is -0.335 e. The molecule has 0 aromatic rings. The predicted molar refractivity (Wildman–Crippen MR) is 76.4 cm³/mol. The number of rotatable bonds is 7. The van der Waals surface area contributed by atoms with Crippen molar-refractivity contribution in [3.63, 3.8) is 0 Å². The lowest BCUT2D eigenvalue weighted by atomic mass is 9.75. The number of carbonyl (C=O) groups excluding carboxylic acids is 1.